The van der Waals surface area contributed by atoms with Gasteiger partial charge in [-0.1, -0.05) is 57.5 Å². The molecule has 0 amide bonds. The van der Waals surface area contributed by atoms with Crippen molar-refractivity contribution in [3.05, 3.63) is 35.9 Å². The normalized spacial score (nSPS) is 26.0. The van der Waals surface area contributed by atoms with Gasteiger partial charge in [-0.2, -0.15) is 0 Å². The molecule has 0 radical (unpaired) electrons. The Bertz CT molecular complexity index is 401. The molecule has 1 aromatic rings. The van der Waals surface area contributed by atoms with Crippen LogP contribution in [0.3, 0.4) is 0 Å². The molecule has 2 rings (SSSR count). The van der Waals surface area contributed by atoms with Crippen LogP contribution < -0.4 is 5.32 Å². The van der Waals surface area contributed by atoms with E-state index in [1.165, 1.54) is 18.4 Å². The van der Waals surface area contributed by atoms with E-state index in [2.05, 4.69) is 63.3 Å². The number of ether oxygens (including phenoxy) is 1. The summed E-state index contributed by atoms with van der Waals surface area (Å²) in [6.07, 6.45) is 3.93. The molecule has 0 spiro atoms. The Morgan fingerprint density at radius 3 is 2.50 bits per heavy atom. The van der Waals surface area contributed by atoms with Crippen LogP contribution in [0.4, 0.5) is 0 Å². The molecule has 0 aliphatic heterocycles. The van der Waals surface area contributed by atoms with E-state index in [1.54, 1.807) is 0 Å². The fourth-order valence-corrected chi connectivity index (χ4v) is 3.22. The Kier molecular flexibility index (Phi) is 5.22. The topological polar surface area (TPSA) is 21.3 Å². The quantitative estimate of drug-likeness (QED) is 0.800. The van der Waals surface area contributed by atoms with Gasteiger partial charge in [-0.3, -0.25) is 0 Å². The molecule has 1 aliphatic rings. The van der Waals surface area contributed by atoms with Crippen LogP contribution in [0.15, 0.2) is 30.3 Å². The Hall–Kier alpha value is -0.860. The SMILES string of the molecule is CCCC(NC1CC(OCC)C1(C)C)c1ccccc1. The molecule has 3 atom stereocenters. The van der Waals surface area contributed by atoms with Crippen LogP contribution in [0.25, 0.3) is 0 Å². The van der Waals surface area contributed by atoms with E-state index < -0.39 is 0 Å². The van der Waals surface area contributed by atoms with Crippen molar-refractivity contribution in [1.82, 2.24) is 5.32 Å². The number of hydrogen-bond donors (Lipinski definition) is 1. The molecule has 20 heavy (non-hydrogen) atoms. The lowest BCUT2D eigenvalue weighted by Crippen LogP contribution is -2.61. The summed E-state index contributed by atoms with van der Waals surface area (Å²) >= 11 is 0. The lowest BCUT2D eigenvalue weighted by Gasteiger charge is -2.53. The first-order valence-corrected chi connectivity index (χ1v) is 8.02. The van der Waals surface area contributed by atoms with E-state index in [4.69, 9.17) is 4.74 Å². The molecule has 1 fully saturated rings. The summed E-state index contributed by atoms with van der Waals surface area (Å²) in [7, 11) is 0. The van der Waals surface area contributed by atoms with Crippen LogP contribution in [0, 0.1) is 5.41 Å². The highest BCUT2D eigenvalue weighted by Crippen LogP contribution is 2.44. The first-order valence-electron chi connectivity index (χ1n) is 8.02. The fraction of sp³-hybridized carbons (Fsp3) is 0.667. The highest BCUT2D eigenvalue weighted by atomic mass is 16.5. The van der Waals surface area contributed by atoms with Crippen LogP contribution in [0.5, 0.6) is 0 Å². The molecule has 0 heterocycles. The predicted octanol–water partition coefficient (Wildman–Crippen LogP) is 4.32. The van der Waals surface area contributed by atoms with Crippen molar-refractivity contribution in [2.45, 2.75) is 65.1 Å². The zero-order valence-electron chi connectivity index (χ0n) is 13.4. The third-order valence-electron chi connectivity index (χ3n) is 4.73. The van der Waals surface area contributed by atoms with Crippen LogP contribution in [-0.2, 0) is 4.74 Å². The highest BCUT2D eigenvalue weighted by Gasteiger charge is 2.49. The molecular formula is C18H29NO. The van der Waals surface area contributed by atoms with Gasteiger partial charge in [0.25, 0.3) is 0 Å². The zero-order chi connectivity index (χ0) is 14.6. The molecule has 1 aromatic carbocycles. The van der Waals surface area contributed by atoms with Gasteiger partial charge >= 0.3 is 0 Å². The summed E-state index contributed by atoms with van der Waals surface area (Å²) in [4.78, 5) is 0. The maximum atomic E-state index is 5.83. The van der Waals surface area contributed by atoms with Gasteiger partial charge < -0.3 is 10.1 Å². The summed E-state index contributed by atoms with van der Waals surface area (Å²) < 4.78 is 5.83. The molecule has 2 nitrogen and oxygen atoms in total. The van der Waals surface area contributed by atoms with Crippen molar-refractivity contribution in [2.75, 3.05) is 6.61 Å². The minimum atomic E-state index is 0.233. The number of rotatable bonds is 7. The first-order chi connectivity index (χ1) is 9.59. The molecule has 1 saturated carbocycles. The van der Waals surface area contributed by atoms with Crippen molar-refractivity contribution in [3.63, 3.8) is 0 Å². The molecule has 0 aromatic heterocycles. The van der Waals surface area contributed by atoms with Crippen LogP contribution in [-0.4, -0.2) is 18.8 Å². The van der Waals surface area contributed by atoms with Crippen LogP contribution >= 0.6 is 0 Å². The van der Waals surface area contributed by atoms with E-state index >= 15 is 0 Å². The Balaban J connectivity index is 2.00. The Morgan fingerprint density at radius 1 is 1.25 bits per heavy atom. The van der Waals surface area contributed by atoms with Crippen LogP contribution in [0.2, 0.25) is 0 Å². The van der Waals surface area contributed by atoms with Gasteiger partial charge in [-0.15, -0.1) is 0 Å². The summed E-state index contributed by atoms with van der Waals surface area (Å²) in [5, 5.41) is 3.87. The first kappa shape index (κ1) is 15.5. The minimum absolute atomic E-state index is 0.233. The molecule has 0 saturated heterocycles. The van der Waals surface area contributed by atoms with Crippen molar-refractivity contribution in [3.8, 4) is 0 Å². The van der Waals surface area contributed by atoms with Gasteiger partial charge in [-0.05, 0) is 25.3 Å². The average Bonchev–Trinajstić information content (AvgIpc) is 2.46. The summed E-state index contributed by atoms with van der Waals surface area (Å²) in [5.41, 5.74) is 1.64. The third-order valence-corrected chi connectivity index (χ3v) is 4.73. The van der Waals surface area contributed by atoms with Gasteiger partial charge in [0, 0.05) is 24.1 Å². The van der Waals surface area contributed by atoms with Gasteiger partial charge in [0.2, 0.25) is 0 Å². The summed E-state index contributed by atoms with van der Waals surface area (Å²) in [5.74, 6) is 0. The molecular weight excluding hydrogens is 246 g/mol. The van der Waals surface area contributed by atoms with E-state index in [0.717, 1.165) is 13.0 Å². The Morgan fingerprint density at radius 2 is 1.95 bits per heavy atom. The largest absolute Gasteiger partial charge is 0.378 e. The Labute approximate surface area is 123 Å². The maximum Gasteiger partial charge on any atom is 0.0655 e. The molecule has 1 N–H and O–H groups in total. The van der Waals surface area contributed by atoms with Gasteiger partial charge in [0.15, 0.2) is 0 Å². The highest BCUT2D eigenvalue weighted by molar-refractivity contribution is 5.20. The number of nitrogens with one attached hydrogen (secondary N) is 1. The van der Waals surface area contributed by atoms with Crippen molar-refractivity contribution < 1.29 is 4.74 Å². The number of hydrogen-bond acceptors (Lipinski definition) is 2. The minimum Gasteiger partial charge on any atom is -0.378 e. The number of benzene rings is 1. The van der Waals surface area contributed by atoms with Crippen LogP contribution in [0.1, 0.15) is 58.6 Å². The summed E-state index contributed by atoms with van der Waals surface area (Å²) in [6, 6.07) is 11.8. The molecule has 1 aliphatic carbocycles. The van der Waals surface area contributed by atoms with E-state index in [0.29, 0.717) is 18.2 Å². The van der Waals surface area contributed by atoms with Gasteiger partial charge in [0.1, 0.15) is 0 Å². The second-order valence-electron chi connectivity index (χ2n) is 6.47. The average molecular weight is 275 g/mol. The lowest BCUT2D eigenvalue weighted by molar-refractivity contribution is -0.116. The maximum absolute atomic E-state index is 5.83. The van der Waals surface area contributed by atoms with E-state index in [9.17, 15) is 0 Å². The van der Waals surface area contributed by atoms with Crippen molar-refractivity contribution in [1.29, 1.82) is 0 Å². The third kappa shape index (κ3) is 3.24. The van der Waals surface area contributed by atoms with Crippen molar-refractivity contribution >= 4 is 0 Å². The van der Waals surface area contributed by atoms with Gasteiger partial charge in [0.05, 0.1) is 6.10 Å². The smallest absolute Gasteiger partial charge is 0.0655 e. The van der Waals surface area contributed by atoms with E-state index in [-0.39, 0.29) is 5.41 Å². The lowest BCUT2D eigenvalue weighted by atomic mass is 9.64. The standard InChI is InChI=1S/C18H29NO/c1-5-10-15(14-11-8-7-9-12-14)19-16-13-17(20-6-2)18(16,3)4/h7-9,11-12,15-17,19H,5-6,10,13H2,1-4H3. The summed E-state index contributed by atoms with van der Waals surface area (Å²) in [6.45, 7) is 9.80. The second-order valence-corrected chi connectivity index (χ2v) is 6.47. The monoisotopic (exact) mass is 275 g/mol. The molecule has 0 bridgehead atoms. The van der Waals surface area contributed by atoms with Gasteiger partial charge in [-0.25, -0.2) is 0 Å². The fourth-order valence-electron chi connectivity index (χ4n) is 3.22. The molecule has 2 heteroatoms. The molecule has 3 unspecified atom stereocenters. The van der Waals surface area contributed by atoms with E-state index in [1.807, 2.05) is 0 Å². The predicted molar refractivity (Wildman–Crippen MR) is 84.8 cm³/mol. The molecule has 112 valence electrons. The second kappa shape index (κ2) is 6.73. The zero-order valence-corrected chi connectivity index (χ0v) is 13.4. The van der Waals surface area contributed by atoms with Crippen molar-refractivity contribution in [2.24, 2.45) is 5.41 Å².